The smallest absolute Gasteiger partial charge is 0.223 e. The highest BCUT2D eigenvalue weighted by Crippen LogP contribution is 2.15. The van der Waals surface area contributed by atoms with Crippen molar-refractivity contribution >= 4 is 5.91 Å². The molecule has 3 aromatic rings. The number of hydrogen-bond donors (Lipinski definition) is 1. The average molecular weight is 337 g/mol. The predicted octanol–water partition coefficient (Wildman–Crippen LogP) is 1.58. The number of benzene rings is 1. The van der Waals surface area contributed by atoms with Crippen LogP contribution in [0.3, 0.4) is 0 Å². The van der Waals surface area contributed by atoms with Crippen molar-refractivity contribution in [2.24, 2.45) is 5.92 Å². The molecule has 1 saturated heterocycles. The number of carbonyl (C=O) groups excluding carboxylic acids is 1. The Kier molecular flexibility index (Phi) is 4.28. The first-order valence-corrected chi connectivity index (χ1v) is 8.41. The van der Waals surface area contributed by atoms with Gasteiger partial charge >= 0.3 is 0 Å². The summed E-state index contributed by atoms with van der Waals surface area (Å²) >= 11 is 0. The monoisotopic (exact) mass is 337 g/mol. The summed E-state index contributed by atoms with van der Waals surface area (Å²) in [5.41, 5.74) is 2.82. The van der Waals surface area contributed by atoms with Crippen LogP contribution in [-0.2, 0) is 24.2 Å². The lowest BCUT2D eigenvalue weighted by Gasteiger charge is -2.01. The molecule has 7 nitrogen and oxygen atoms in total. The molecule has 2 aromatic heterocycles. The van der Waals surface area contributed by atoms with Gasteiger partial charge in [-0.05, 0) is 12.0 Å². The molecule has 0 radical (unpaired) electrons. The van der Waals surface area contributed by atoms with Crippen LogP contribution < -0.4 is 5.32 Å². The molecule has 0 spiro atoms. The maximum atomic E-state index is 11.6. The van der Waals surface area contributed by atoms with Crippen LogP contribution in [0, 0.1) is 5.92 Å². The summed E-state index contributed by atoms with van der Waals surface area (Å²) in [6.07, 6.45) is 4.08. The summed E-state index contributed by atoms with van der Waals surface area (Å²) in [7, 11) is 0. The Morgan fingerprint density at radius 1 is 1.24 bits per heavy atom. The molecule has 7 heteroatoms. The number of nitrogens with one attached hydrogen (secondary N) is 1. The topological polar surface area (TPSA) is 85.8 Å². The van der Waals surface area contributed by atoms with Crippen LogP contribution in [0.1, 0.15) is 29.1 Å². The molecule has 1 amide bonds. The molecule has 25 heavy (non-hydrogen) atoms. The van der Waals surface area contributed by atoms with Crippen molar-refractivity contribution in [1.82, 2.24) is 25.5 Å². The molecule has 0 saturated carbocycles. The third-order valence-corrected chi connectivity index (χ3v) is 4.36. The molecule has 1 aliphatic rings. The van der Waals surface area contributed by atoms with Gasteiger partial charge in [-0.1, -0.05) is 40.7 Å². The normalized spacial score (nSPS) is 17.0. The molecular weight excluding hydrogens is 318 g/mol. The van der Waals surface area contributed by atoms with Crippen molar-refractivity contribution < 1.29 is 9.32 Å². The van der Waals surface area contributed by atoms with Crippen LogP contribution in [0.5, 0.6) is 0 Å². The molecule has 1 atom stereocenters. The van der Waals surface area contributed by atoms with E-state index in [1.54, 1.807) is 4.68 Å². The average Bonchev–Trinajstić information content (AvgIpc) is 3.33. The zero-order chi connectivity index (χ0) is 17.1. The highest BCUT2D eigenvalue weighted by molar-refractivity contribution is 5.80. The Morgan fingerprint density at radius 3 is 2.92 bits per heavy atom. The Morgan fingerprint density at radius 2 is 2.12 bits per heavy atom. The minimum absolute atomic E-state index is 0.00896. The molecule has 0 bridgehead atoms. The fourth-order valence-electron chi connectivity index (χ4n) is 3.08. The van der Waals surface area contributed by atoms with Gasteiger partial charge in [0, 0.05) is 37.6 Å². The lowest BCUT2D eigenvalue weighted by atomic mass is 10.0. The SMILES string of the molecule is O=C1NCCC1Cc1cn(Cc2cc(Cc3ccccc3)on2)nn1. The number of aromatic nitrogens is 4. The second-order valence-electron chi connectivity index (χ2n) is 6.34. The van der Waals surface area contributed by atoms with E-state index < -0.39 is 0 Å². The minimum atomic E-state index is 0.00896. The van der Waals surface area contributed by atoms with E-state index in [4.69, 9.17) is 4.52 Å². The van der Waals surface area contributed by atoms with Crippen LogP contribution in [0.25, 0.3) is 0 Å². The summed E-state index contributed by atoms with van der Waals surface area (Å²) in [4.78, 5) is 11.6. The second-order valence-corrected chi connectivity index (χ2v) is 6.34. The van der Waals surface area contributed by atoms with Crippen LogP contribution in [0.4, 0.5) is 0 Å². The van der Waals surface area contributed by atoms with Crippen LogP contribution >= 0.6 is 0 Å². The highest BCUT2D eigenvalue weighted by Gasteiger charge is 2.25. The maximum absolute atomic E-state index is 11.6. The summed E-state index contributed by atoms with van der Waals surface area (Å²) in [6, 6.07) is 12.1. The first kappa shape index (κ1) is 15.6. The second kappa shape index (κ2) is 6.88. The zero-order valence-electron chi connectivity index (χ0n) is 13.8. The largest absolute Gasteiger partial charge is 0.361 e. The molecule has 128 valence electrons. The van der Waals surface area contributed by atoms with E-state index >= 15 is 0 Å². The number of rotatable bonds is 6. The van der Waals surface area contributed by atoms with E-state index in [2.05, 4.69) is 32.9 Å². The van der Waals surface area contributed by atoms with Crippen molar-refractivity contribution in [1.29, 1.82) is 0 Å². The highest BCUT2D eigenvalue weighted by atomic mass is 16.5. The fourth-order valence-corrected chi connectivity index (χ4v) is 3.08. The van der Waals surface area contributed by atoms with Gasteiger partial charge in [0.25, 0.3) is 0 Å². The maximum Gasteiger partial charge on any atom is 0.223 e. The first-order valence-electron chi connectivity index (χ1n) is 8.41. The van der Waals surface area contributed by atoms with Gasteiger partial charge in [-0.3, -0.25) is 4.79 Å². The van der Waals surface area contributed by atoms with E-state index in [1.807, 2.05) is 30.5 Å². The Hall–Kier alpha value is -2.96. The van der Waals surface area contributed by atoms with Gasteiger partial charge in [-0.25, -0.2) is 4.68 Å². The lowest BCUT2D eigenvalue weighted by Crippen LogP contribution is -2.20. The number of hydrogen-bond acceptors (Lipinski definition) is 5. The lowest BCUT2D eigenvalue weighted by molar-refractivity contribution is -0.122. The third-order valence-electron chi connectivity index (χ3n) is 4.36. The molecule has 4 rings (SSSR count). The summed E-state index contributed by atoms with van der Waals surface area (Å²) in [5, 5.41) is 15.2. The molecule has 1 fully saturated rings. The number of carbonyl (C=O) groups is 1. The number of amides is 1. The van der Waals surface area contributed by atoms with Gasteiger partial charge in [-0.2, -0.15) is 0 Å². The predicted molar refractivity (Wildman–Crippen MR) is 89.7 cm³/mol. The standard InChI is InChI=1S/C18H19N5O2/c24-18-14(6-7-19-18)9-15-11-23(22-20-15)12-16-10-17(25-21-16)8-13-4-2-1-3-5-13/h1-5,10-11,14H,6-9,12H2,(H,19,24). The van der Waals surface area contributed by atoms with Gasteiger partial charge in [0.15, 0.2) is 0 Å². The van der Waals surface area contributed by atoms with E-state index in [0.29, 0.717) is 19.4 Å². The third kappa shape index (κ3) is 3.76. The Balaban J connectivity index is 1.37. The molecule has 1 N–H and O–H groups in total. The molecule has 0 aliphatic carbocycles. The van der Waals surface area contributed by atoms with Crippen molar-refractivity contribution in [2.45, 2.75) is 25.8 Å². The number of nitrogens with zero attached hydrogens (tertiary/aromatic N) is 4. The molecule has 1 aliphatic heterocycles. The zero-order valence-corrected chi connectivity index (χ0v) is 13.8. The summed E-state index contributed by atoms with van der Waals surface area (Å²) in [6.45, 7) is 1.25. The van der Waals surface area contributed by atoms with E-state index in [0.717, 1.165) is 30.1 Å². The van der Waals surface area contributed by atoms with Crippen LogP contribution in [0.2, 0.25) is 0 Å². The minimum Gasteiger partial charge on any atom is -0.361 e. The van der Waals surface area contributed by atoms with E-state index in [9.17, 15) is 4.79 Å². The molecule has 3 heterocycles. The van der Waals surface area contributed by atoms with E-state index in [1.165, 1.54) is 5.56 Å². The van der Waals surface area contributed by atoms with Gasteiger partial charge in [0.05, 0.1) is 12.2 Å². The summed E-state index contributed by atoms with van der Waals surface area (Å²) in [5.74, 6) is 0.940. The van der Waals surface area contributed by atoms with Gasteiger partial charge in [-0.15, -0.1) is 5.10 Å². The van der Waals surface area contributed by atoms with Crippen molar-refractivity contribution in [3.05, 3.63) is 65.3 Å². The van der Waals surface area contributed by atoms with Gasteiger partial charge in [0.2, 0.25) is 5.91 Å². The van der Waals surface area contributed by atoms with Gasteiger partial charge in [0.1, 0.15) is 11.5 Å². The molecule has 1 aromatic carbocycles. The Bertz CT molecular complexity index is 855. The fraction of sp³-hybridized carbons (Fsp3) is 0.333. The van der Waals surface area contributed by atoms with Crippen molar-refractivity contribution in [3.63, 3.8) is 0 Å². The molecule has 1 unspecified atom stereocenters. The van der Waals surface area contributed by atoms with Crippen molar-refractivity contribution in [2.75, 3.05) is 6.54 Å². The van der Waals surface area contributed by atoms with Crippen LogP contribution in [0.15, 0.2) is 47.1 Å². The van der Waals surface area contributed by atoms with E-state index in [-0.39, 0.29) is 11.8 Å². The van der Waals surface area contributed by atoms with Gasteiger partial charge < -0.3 is 9.84 Å². The van der Waals surface area contributed by atoms with Crippen molar-refractivity contribution in [3.8, 4) is 0 Å². The Labute approximate surface area is 145 Å². The quantitative estimate of drug-likeness (QED) is 0.738. The van der Waals surface area contributed by atoms with Crippen LogP contribution in [-0.4, -0.2) is 32.6 Å². The summed E-state index contributed by atoms with van der Waals surface area (Å²) < 4.78 is 7.13. The first-order chi connectivity index (χ1) is 12.3. The molecular formula is C18H19N5O2.